The fourth-order valence-electron chi connectivity index (χ4n) is 2.65. The van der Waals surface area contributed by atoms with E-state index in [-0.39, 0.29) is 11.5 Å². The molecule has 20 heavy (non-hydrogen) atoms. The van der Waals surface area contributed by atoms with E-state index in [1.54, 1.807) is 18.2 Å². The average Bonchev–Trinajstić information content (AvgIpc) is 2.91. The van der Waals surface area contributed by atoms with E-state index in [1.807, 2.05) is 0 Å². The average molecular weight is 387 g/mol. The lowest BCUT2D eigenvalue weighted by Gasteiger charge is -2.11. The summed E-state index contributed by atoms with van der Waals surface area (Å²) in [5.41, 5.74) is 0.528. The molecular weight excluding hydrogens is 369 g/mol. The second-order valence-electron chi connectivity index (χ2n) is 5.23. The normalized spacial score (nSPS) is 15.2. The zero-order valence-corrected chi connectivity index (χ0v) is 13.4. The van der Waals surface area contributed by atoms with Gasteiger partial charge in [-0.2, -0.15) is 0 Å². The summed E-state index contributed by atoms with van der Waals surface area (Å²) < 4.78 is 0.837. The Kier molecular flexibility index (Phi) is 5.39. The van der Waals surface area contributed by atoms with E-state index in [4.69, 9.17) is 5.11 Å². The van der Waals surface area contributed by atoms with Crippen molar-refractivity contribution in [1.29, 1.82) is 0 Å². The van der Waals surface area contributed by atoms with Crippen LogP contribution < -0.4 is 5.32 Å². The molecule has 0 atom stereocenters. The SMILES string of the molecule is O=C(CCC1CCCC1)Nc1ccc(I)cc1C(=O)O. The van der Waals surface area contributed by atoms with Gasteiger partial charge in [0.1, 0.15) is 0 Å². The van der Waals surface area contributed by atoms with E-state index in [2.05, 4.69) is 27.9 Å². The van der Waals surface area contributed by atoms with Gasteiger partial charge in [-0.25, -0.2) is 4.79 Å². The van der Waals surface area contributed by atoms with Crippen LogP contribution in [-0.4, -0.2) is 17.0 Å². The molecule has 0 aliphatic heterocycles. The Hall–Kier alpha value is -1.11. The molecule has 1 amide bonds. The number of benzene rings is 1. The Bertz CT molecular complexity index is 510. The molecule has 0 radical (unpaired) electrons. The van der Waals surface area contributed by atoms with Crippen LogP contribution >= 0.6 is 22.6 Å². The fraction of sp³-hybridized carbons (Fsp3) is 0.467. The first kappa shape index (κ1) is 15.3. The van der Waals surface area contributed by atoms with Gasteiger partial charge in [-0.1, -0.05) is 25.7 Å². The highest BCUT2D eigenvalue weighted by molar-refractivity contribution is 14.1. The number of rotatable bonds is 5. The van der Waals surface area contributed by atoms with E-state index < -0.39 is 5.97 Å². The Balaban J connectivity index is 1.94. The molecule has 1 saturated carbocycles. The van der Waals surface area contributed by atoms with E-state index in [0.29, 0.717) is 18.0 Å². The van der Waals surface area contributed by atoms with Crippen molar-refractivity contribution in [2.45, 2.75) is 38.5 Å². The van der Waals surface area contributed by atoms with Crippen molar-refractivity contribution in [3.63, 3.8) is 0 Å². The van der Waals surface area contributed by atoms with Gasteiger partial charge in [0.05, 0.1) is 11.3 Å². The Labute approximate surface area is 132 Å². The van der Waals surface area contributed by atoms with Crippen LogP contribution in [0.3, 0.4) is 0 Å². The van der Waals surface area contributed by atoms with Crippen LogP contribution in [0.15, 0.2) is 18.2 Å². The molecule has 5 heteroatoms. The van der Waals surface area contributed by atoms with Gasteiger partial charge in [-0.3, -0.25) is 4.79 Å². The number of aromatic carboxylic acids is 1. The van der Waals surface area contributed by atoms with Gasteiger partial charge >= 0.3 is 5.97 Å². The molecule has 2 rings (SSSR count). The Morgan fingerprint density at radius 2 is 2.00 bits per heavy atom. The van der Waals surface area contributed by atoms with E-state index in [1.165, 1.54) is 25.7 Å². The molecule has 0 unspecified atom stereocenters. The summed E-state index contributed by atoms with van der Waals surface area (Å²) in [6, 6.07) is 5.01. The third kappa shape index (κ3) is 4.19. The van der Waals surface area contributed by atoms with Gasteiger partial charge in [-0.05, 0) is 53.1 Å². The Morgan fingerprint density at radius 1 is 1.30 bits per heavy atom. The van der Waals surface area contributed by atoms with Crippen LogP contribution in [-0.2, 0) is 4.79 Å². The highest BCUT2D eigenvalue weighted by atomic mass is 127. The summed E-state index contributed by atoms with van der Waals surface area (Å²) in [5.74, 6) is -0.452. The van der Waals surface area contributed by atoms with Crippen LogP contribution in [0, 0.1) is 9.49 Å². The lowest BCUT2D eigenvalue weighted by molar-refractivity contribution is -0.116. The lowest BCUT2D eigenvalue weighted by atomic mass is 10.0. The summed E-state index contributed by atoms with van der Waals surface area (Å²) in [4.78, 5) is 23.1. The molecule has 2 N–H and O–H groups in total. The smallest absolute Gasteiger partial charge is 0.337 e. The van der Waals surface area contributed by atoms with Crippen molar-refractivity contribution in [2.75, 3.05) is 5.32 Å². The monoisotopic (exact) mass is 387 g/mol. The first-order valence-corrected chi connectivity index (χ1v) is 7.97. The molecular formula is C15H18INO3. The number of hydrogen-bond acceptors (Lipinski definition) is 2. The molecule has 4 nitrogen and oxygen atoms in total. The van der Waals surface area contributed by atoms with Gasteiger partial charge in [0.2, 0.25) is 5.91 Å². The van der Waals surface area contributed by atoms with E-state index in [9.17, 15) is 9.59 Å². The summed E-state index contributed by atoms with van der Waals surface area (Å²) in [6.45, 7) is 0. The lowest BCUT2D eigenvalue weighted by Crippen LogP contribution is -2.15. The number of carboxylic acid groups (broad SMARTS) is 1. The number of anilines is 1. The molecule has 0 bridgehead atoms. The highest BCUT2D eigenvalue weighted by Crippen LogP contribution is 2.28. The zero-order chi connectivity index (χ0) is 14.5. The van der Waals surface area contributed by atoms with Crippen LogP contribution in [0.4, 0.5) is 5.69 Å². The van der Waals surface area contributed by atoms with E-state index >= 15 is 0 Å². The molecule has 1 aliphatic carbocycles. The van der Waals surface area contributed by atoms with Crippen molar-refractivity contribution in [3.05, 3.63) is 27.3 Å². The first-order valence-electron chi connectivity index (χ1n) is 6.89. The van der Waals surface area contributed by atoms with E-state index in [0.717, 1.165) is 9.99 Å². The minimum Gasteiger partial charge on any atom is -0.478 e. The minimum atomic E-state index is -1.02. The predicted octanol–water partition coefficient (Wildman–Crippen LogP) is 3.90. The molecule has 1 fully saturated rings. The number of carboxylic acids is 1. The molecule has 0 aromatic heterocycles. The third-order valence-corrected chi connectivity index (χ3v) is 4.41. The summed E-state index contributed by atoms with van der Waals surface area (Å²) in [6.07, 6.45) is 6.35. The molecule has 0 spiro atoms. The van der Waals surface area contributed by atoms with Crippen molar-refractivity contribution < 1.29 is 14.7 Å². The van der Waals surface area contributed by atoms with Gasteiger partial charge in [0.15, 0.2) is 0 Å². The largest absolute Gasteiger partial charge is 0.478 e. The molecule has 1 aromatic rings. The van der Waals surface area contributed by atoms with Gasteiger partial charge in [0, 0.05) is 9.99 Å². The maximum absolute atomic E-state index is 11.9. The van der Waals surface area contributed by atoms with Crippen molar-refractivity contribution >= 4 is 40.2 Å². The number of hydrogen-bond donors (Lipinski definition) is 2. The number of amides is 1. The number of carbonyl (C=O) groups is 2. The maximum Gasteiger partial charge on any atom is 0.337 e. The molecule has 0 saturated heterocycles. The van der Waals surface area contributed by atoms with Crippen LogP contribution in [0.1, 0.15) is 48.9 Å². The fourth-order valence-corrected chi connectivity index (χ4v) is 3.14. The number of carbonyl (C=O) groups excluding carboxylic acids is 1. The zero-order valence-electron chi connectivity index (χ0n) is 11.2. The second kappa shape index (κ2) is 7.06. The number of halogens is 1. The van der Waals surface area contributed by atoms with Crippen molar-refractivity contribution in [1.82, 2.24) is 0 Å². The second-order valence-corrected chi connectivity index (χ2v) is 6.48. The molecule has 0 heterocycles. The highest BCUT2D eigenvalue weighted by Gasteiger charge is 2.17. The minimum absolute atomic E-state index is 0.0967. The first-order chi connectivity index (χ1) is 9.56. The summed E-state index contributed by atoms with van der Waals surface area (Å²) in [5, 5.41) is 11.9. The van der Waals surface area contributed by atoms with Crippen molar-refractivity contribution in [2.24, 2.45) is 5.92 Å². The standard InChI is InChI=1S/C15H18INO3/c16-11-6-7-13(12(9-11)15(19)20)17-14(18)8-5-10-3-1-2-4-10/h6-7,9-10H,1-5,8H2,(H,17,18)(H,19,20). The molecule has 108 valence electrons. The molecule has 1 aliphatic rings. The van der Waals surface area contributed by atoms with Gasteiger partial charge in [-0.15, -0.1) is 0 Å². The van der Waals surface area contributed by atoms with Crippen LogP contribution in [0.25, 0.3) is 0 Å². The van der Waals surface area contributed by atoms with Gasteiger partial charge in [0.25, 0.3) is 0 Å². The third-order valence-electron chi connectivity index (χ3n) is 3.74. The summed E-state index contributed by atoms with van der Waals surface area (Å²) in [7, 11) is 0. The van der Waals surface area contributed by atoms with Crippen LogP contribution in [0.2, 0.25) is 0 Å². The maximum atomic E-state index is 11.9. The Morgan fingerprint density at radius 3 is 2.65 bits per heavy atom. The molecule has 1 aromatic carbocycles. The topological polar surface area (TPSA) is 66.4 Å². The predicted molar refractivity (Wildman–Crippen MR) is 85.9 cm³/mol. The summed E-state index contributed by atoms with van der Waals surface area (Å²) >= 11 is 2.06. The van der Waals surface area contributed by atoms with Crippen LogP contribution in [0.5, 0.6) is 0 Å². The van der Waals surface area contributed by atoms with Crippen molar-refractivity contribution in [3.8, 4) is 0 Å². The number of nitrogens with one attached hydrogen (secondary N) is 1. The quantitative estimate of drug-likeness (QED) is 0.754. The van der Waals surface area contributed by atoms with Gasteiger partial charge < -0.3 is 10.4 Å².